The summed E-state index contributed by atoms with van der Waals surface area (Å²) < 4.78 is 5.67. The number of carbonyl (C=O) groups is 1. The summed E-state index contributed by atoms with van der Waals surface area (Å²) in [5.74, 6) is 0.492. The van der Waals surface area contributed by atoms with Gasteiger partial charge < -0.3 is 25.4 Å². The molecule has 33 heavy (non-hydrogen) atoms. The van der Waals surface area contributed by atoms with Gasteiger partial charge in [0.05, 0.1) is 24.3 Å². The molecule has 2 aromatic heterocycles. The molecule has 0 radical (unpaired) electrons. The molecule has 1 aliphatic rings. The van der Waals surface area contributed by atoms with E-state index in [1.54, 1.807) is 42.5 Å². The quantitative estimate of drug-likeness (QED) is 0.509. The van der Waals surface area contributed by atoms with E-state index in [0.29, 0.717) is 37.4 Å². The SMILES string of the molecule is CN(C[C@]1(O)CCCN(c2ccnc3ccncc23)C1)C(=O)c1cccc(OCCCN)c1. The first-order chi connectivity index (χ1) is 16.0. The number of pyridine rings is 2. The summed E-state index contributed by atoms with van der Waals surface area (Å²) in [7, 11) is 1.73. The van der Waals surface area contributed by atoms with E-state index in [0.717, 1.165) is 36.0 Å². The van der Waals surface area contributed by atoms with Crippen LogP contribution in [0.15, 0.2) is 55.0 Å². The van der Waals surface area contributed by atoms with Crippen LogP contribution in [0.4, 0.5) is 5.69 Å². The molecule has 3 N–H and O–H groups in total. The largest absolute Gasteiger partial charge is 0.494 e. The molecule has 0 bridgehead atoms. The smallest absolute Gasteiger partial charge is 0.253 e. The number of hydrogen-bond donors (Lipinski definition) is 2. The molecule has 4 rings (SSSR count). The second-order valence-corrected chi connectivity index (χ2v) is 8.65. The van der Waals surface area contributed by atoms with Crippen LogP contribution in [0.2, 0.25) is 0 Å². The number of benzene rings is 1. The van der Waals surface area contributed by atoms with Gasteiger partial charge in [0.25, 0.3) is 5.91 Å². The Morgan fingerprint density at radius 2 is 2.18 bits per heavy atom. The van der Waals surface area contributed by atoms with Gasteiger partial charge in [-0.05, 0) is 56.1 Å². The Labute approximate surface area is 194 Å². The van der Waals surface area contributed by atoms with Crippen LogP contribution in [0, 0.1) is 0 Å². The molecule has 1 fully saturated rings. The second-order valence-electron chi connectivity index (χ2n) is 8.65. The maximum Gasteiger partial charge on any atom is 0.253 e. The van der Waals surface area contributed by atoms with Crippen LogP contribution >= 0.6 is 0 Å². The molecule has 3 heterocycles. The zero-order valence-electron chi connectivity index (χ0n) is 19.0. The van der Waals surface area contributed by atoms with Gasteiger partial charge in [-0.1, -0.05) is 6.07 Å². The molecule has 0 unspecified atom stereocenters. The summed E-state index contributed by atoms with van der Waals surface area (Å²) in [6.07, 6.45) is 7.53. The lowest BCUT2D eigenvalue weighted by Crippen LogP contribution is -2.54. The van der Waals surface area contributed by atoms with E-state index in [9.17, 15) is 9.90 Å². The zero-order chi connectivity index (χ0) is 23.3. The predicted octanol–water partition coefficient (Wildman–Crippen LogP) is 2.46. The predicted molar refractivity (Wildman–Crippen MR) is 129 cm³/mol. The van der Waals surface area contributed by atoms with Crippen molar-refractivity contribution in [3.63, 3.8) is 0 Å². The number of nitrogens with two attached hydrogens (primary N) is 1. The summed E-state index contributed by atoms with van der Waals surface area (Å²) in [4.78, 5) is 25.5. The summed E-state index contributed by atoms with van der Waals surface area (Å²) >= 11 is 0. The minimum atomic E-state index is -1.02. The number of anilines is 1. The number of amides is 1. The third kappa shape index (κ3) is 5.40. The Bertz CT molecular complexity index is 1100. The van der Waals surface area contributed by atoms with Gasteiger partial charge in [-0.25, -0.2) is 0 Å². The number of nitrogens with zero attached hydrogens (tertiary/aromatic N) is 4. The van der Waals surface area contributed by atoms with Crippen LogP contribution in [-0.2, 0) is 0 Å². The van der Waals surface area contributed by atoms with Crippen LogP contribution in [0.1, 0.15) is 29.6 Å². The third-order valence-corrected chi connectivity index (χ3v) is 5.99. The first-order valence-electron chi connectivity index (χ1n) is 11.3. The molecule has 0 spiro atoms. The highest BCUT2D eigenvalue weighted by atomic mass is 16.5. The molecule has 1 atom stereocenters. The number of piperidine rings is 1. The molecule has 8 nitrogen and oxygen atoms in total. The van der Waals surface area contributed by atoms with Crippen molar-refractivity contribution in [2.45, 2.75) is 24.9 Å². The van der Waals surface area contributed by atoms with E-state index >= 15 is 0 Å². The fraction of sp³-hybridized carbons (Fsp3) is 0.400. The van der Waals surface area contributed by atoms with Gasteiger partial charge in [0.1, 0.15) is 5.75 Å². The van der Waals surface area contributed by atoms with Gasteiger partial charge in [0.2, 0.25) is 0 Å². The Kier molecular flexibility index (Phi) is 7.05. The second kappa shape index (κ2) is 10.1. The van der Waals surface area contributed by atoms with E-state index < -0.39 is 5.60 Å². The highest BCUT2D eigenvalue weighted by molar-refractivity contribution is 5.94. The van der Waals surface area contributed by atoms with Crippen molar-refractivity contribution in [3.05, 3.63) is 60.6 Å². The fourth-order valence-electron chi connectivity index (χ4n) is 4.42. The molecule has 0 saturated carbocycles. The molecular weight excluding hydrogens is 418 g/mol. The van der Waals surface area contributed by atoms with Crippen molar-refractivity contribution in [1.82, 2.24) is 14.9 Å². The molecular formula is C25H31N5O3. The molecule has 0 aliphatic carbocycles. The van der Waals surface area contributed by atoms with E-state index in [2.05, 4.69) is 14.9 Å². The van der Waals surface area contributed by atoms with Gasteiger partial charge >= 0.3 is 0 Å². The average molecular weight is 450 g/mol. The van der Waals surface area contributed by atoms with Gasteiger partial charge in [-0.2, -0.15) is 0 Å². The van der Waals surface area contributed by atoms with E-state index in [1.165, 1.54) is 0 Å². The minimum absolute atomic E-state index is 0.150. The Morgan fingerprint density at radius 3 is 3.03 bits per heavy atom. The number of rotatable bonds is 8. The number of hydrogen-bond acceptors (Lipinski definition) is 7. The number of aromatic nitrogens is 2. The Hall–Kier alpha value is -3.23. The monoisotopic (exact) mass is 449 g/mol. The number of fused-ring (bicyclic) bond motifs is 1. The Morgan fingerprint density at radius 1 is 1.30 bits per heavy atom. The van der Waals surface area contributed by atoms with Crippen molar-refractivity contribution >= 4 is 22.5 Å². The molecule has 174 valence electrons. The highest BCUT2D eigenvalue weighted by Crippen LogP contribution is 2.31. The molecule has 1 aliphatic heterocycles. The molecule has 1 aromatic carbocycles. The highest BCUT2D eigenvalue weighted by Gasteiger charge is 2.36. The number of aliphatic hydroxyl groups is 1. The lowest BCUT2D eigenvalue weighted by atomic mass is 9.91. The van der Waals surface area contributed by atoms with Crippen molar-refractivity contribution in [2.24, 2.45) is 5.73 Å². The summed E-state index contributed by atoms with van der Waals surface area (Å²) in [5, 5.41) is 12.4. The maximum absolute atomic E-state index is 13.1. The van der Waals surface area contributed by atoms with E-state index in [4.69, 9.17) is 10.5 Å². The zero-order valence-corrected chi connectivity index (χ0v) is 19.0. The fourth-order valence-corrected chi connectivity index (χ4v) is 4.42. The third-order valence-electron chi connectivity index (χ3n) is 5.99. The number of ether oxygens (including phenoxy) is 1. The number of β-amino-alcohol motifs (C(OH)–C–C–N with tert-alkyl or cyclic N) is 1. The van der Waals surface area contributed by atoms with Crippen LogP contribution in [-0.4, -0.2) is 71.3 Å². The van der Waals surface area contributed by atoms with Gasteiger partial charge in [-0.15, -0.1) is 0 Å². The van der Waals surface area contributed by atoms with Crippen molar-refractivity contribution in [2.75, 3.05) is 44.7 Å². The lowest BCUT2D eigenvalue weighted by Gasteiger charge is -2.42. The van der Waals surface area contributed by atoms with Crippen LogP contribution in [0.3, 0.4) is 0 Å². The van der Waals surface area contributed by atoms with Crippen LogP contribution in [0.25, 0.3) is 10.9 Å². The molecule has 1 amide bonds. The van der Waals surface area contributed by atoms with E-state index in [-0.39, 0.29) is 12.5 Å². The number of carbonyl (C=O) groups excluding carboxylic acids is 1. The van der Waals surface area contributed by atoms with Crippen molar-refractivity contribution in [1.29, 1.82) is 0 Å². The van der Waals surface area contributed by atoms with Crippen LogP contribution < -0.4 is 15.4 Å². The number of likely N-dealkylation sites (N-methyl/N-ethyl adjacent to an activating group) is 1. The average Bonchev–Trinajstić information content (AvgIpc) is 2.83. The maximum atomic E-state index is 13.1. The molecule has 8 heteroatoms. The van der Waals surface area contributed by atoms with E-state index in [1.807, 2.05) is 24.4 Å². The molecule has 3 aromatic rings. The van der Waals surface area contributed by atoms with Crippen LogP contribution in [0.5, 0.6) is 5.75 Å². The van der Waals surface area contributed by atoms with Gasteiger partial charge in [0.15, 0.2) is 0 Å². The minimum Gasteiger partial charge on any atom is -0.494 e. The summed E-state index contributed by atoms with van der Waals surface area (Å²) in [5.41, 5.74) is 6.90. The topological polar surface area (TPSA) is 105 Å². The lowest BCUT2D eigenvalue weighted by molar-refractivity contribution is 0.0000628. The molecule has 1 saturated heterocycles. The summed E-state index contributed by atoms with van der Waals surface area (Å²) in [6.45, 7) is 2.57. The first-order valence-corrected chi connectivity index (χ1v) is 11.3. The Balaban J connectivity index is 1.45. The summed E-state index contributed by atoms with van der Waals surface area (Å²) in [6, 6.07) is 11.0. The van der Waals surface area contributed by atoms with Crippen molar-refractivity contribution < 1.29 is 14.6 Å². The standard InChI is InChI=1S/C25H31N5O3/c1-29(24(31)19-5-2-6-20(15-19)33-14-4-10-26)17-25(32)9-3-13-30(18-25)23-8-12-28-22-7-11-27-16-21(22)23/h2,5-8,11-12,15-16,32H,3-4,9-10,13-14,17-18,26H2,1H3/t25-/m1/s1. The normalized spacial score (nSPS) is 18.3. The van der Waals surface area contributed by atoms with Gasteiger partial charge in [0, 0.05) is 55.4 Å². The van der Waals surface area contributed by atoms with Crippen molar-refractivity contribution in [3.8, 4) is 5.75 Å². The first kappa shape index (κ1) is 22.9. The van der Waals surface area contributed by atoms with Gasteiger partial charge in [-0.3, -0.25) is 14.8 Å².